The van der Waals surface area contributed by atoms with Crippen molar-refractivity contribution in [3.05, 3.63) is 22.9 Å². The van der Waals surface area contributed by atoms with Crippen molar-refractivity contribution < 1.29 is 26.8 Å². The van der Waals surface area contributed by atoms with Gasteiger partial charge in [-0.3, -0.25) is 4.55 Å². The van der Waals surface area contributed by atoms with Crippen LogP contribution in [0, 0.1) is 0 Å². The molecule has 2 unspecified atom stereocenters. The molecular formula is C9H11FO5S. The van der Waals surface area contributed by atoms with E-state index in [1.165, 1.54) is 6.08 Å². The standard InChI is InChI=1S/C9H11FO5S/c10-8-3-6(14-4-7-5-15-7)1-2-9(8)16(11,12)13/h1-2,6-7H,3-5H2,(H,11,12,13). The molecule has 1 aliphatic carbocycles. The Morgan fingerprint density at radius 1 is 1.62 bits per heavy atom. The Labute approximate surface area is 92.3 Å². The minimum absolute atomic E-state index is 0.0726. The van der Waals surface area contributed by atoms with Crippen LogP contribution in [0.25, 0.3) is 0 Å². The van der Waals surface area contributed by atoms with Crippen molar-refractivity contribution in [1.82, 2.24) is 0 Å². The molecule has 2 rings (SSSR count). The van der Waals surface area contributed by atoms with Crippen LogP contribution in [0.4, 0.5) is 4.39 Å². The molecule has 90 valence electrons. The third kappa shape index (κ3) is 2.88. The van der Waals surface area contributed by atoms with Gasteiger partial charge in [-0.25, -0.2) is 4.39 Å². The zero-order valence-corrected chi connectivity index (χ0v) is 9.11. The van der Waals surface area contributed by atoms with E-state index in [1.807, 2.05) is 0 Å². The number of allylic oxidation sites excluding steroid dienone is 1. The molecule has 0 aromatic rings. The van der Waals surface area contributed by atoms with Crippen LogP contribution in [0.15, 0.2) is 22.9 Å². The summed E-state index contributed by atoms with van der Waals surface area (Å²) in [7, 11) is -4.48. The summed E-state index contributed by atoms with van der Waals surface area (Å²) >= 11 is 0. The number of ether oxygens (including phenoxy) is 2. The molecule has 1 fully saturated rings. The Morgan fingerprint density at radius 2 is 2.31 bits per heavy atom. The van der Waals surface area contributed by atoms with Crippen LogP contribution in [-0.4, -0.2) is 38.4 Å². The Balaban J connectivity index is 1.97. The van der Waals surface area contributed by atoms with Crippen molar-refractivity contribution in [3.63, 3.8) is 0 Å². The molecule has 1 aliphatic heterocycles. The van der Waals surface area contributed by atoms with E-state index in [0.29, 0.717) is 13.2 Å². The molecule has 1 saturated heterocycles. The second-order valence-corrected chi connectivity index (χ2v) is 5.02. The molecule has 1 N–H and O–H groups in total. The first kappa shape index (κ1) is 11.7. The molecule has 0 aromatic heterocycles. The normalized spacial score (nSPS) is 29.6. The lowest BCUT2D eigenvalue weighted by Crippen LogP contribution is -2.18. The molecule has 0 bridgehead atoms. The fourth-order valence-corrected chi connectivity index (χ4v) is 1.98. The summed E-state index contributed by atoms with van der Waals surface area (Å²) in [4.78, 5) is -0.685. The minimum atomic E-state index is -4.48. The van der Waals surface area contributed by atoms with Crippen molar-refractivity contribution in [3.8, 4) is 0 Å². The largest absolute Gasteiger partial charge is 0.371 e. The summed E-state index contributed by atoms with van der Waals surface area (Å²) < 4.78 is 53.6. The molecule has 1 heterocycles. The third-order valence-electron chi connectivity index (χ3n) is 2.29. The maximum atomic E-state index is 13.3. The van der Waals surface area contributed by atoms with Crippen molar-refractivity contribution in [2.75, 3.05) is 13.2 Å². The van der Waals surface area contributed by atoms with Crippen LogP contribution in [0.1, 0.15) is 6.42 Å². The second kappa shape index (κ2) is 4.25. The van der Waals surface area contributed by atoms with E-state index in [4.69, 9.17) is 14.0 Å². The van der Waals surface area contributed by atoms with Crippen LogP contribution in [-0.2, 0) is 19.6 Å². The van der Waals surface area contributed by atoms with Crippen LogP contribution in [0.2, 0.25) is 0 Å². The zero-order valence-electron chi connectivity index (χ0n) is 8.30. The van der Waals surface area contributed by atoms with E-state index >= 15 is 0 Å². The summed E-state index contributed by atoms with van der Waals surface area (Å²) in [6.07, 6.45) is 1.82. The molecule has 0 aromatic carbocycles. The molecule has 5 nitrogen and oxygen atoms in total. The molecule has 2 aliphatic rings. The van der Waals surface area contributed by atoms with Gasteiger partial charge >= 0.3 is 0 Å². The summed E-state index contributed by atoms with van der Waals surface area (Å²) in [5.41, 5.74) is 0. The molecule has 7 heteroatoms. The van der Waals surface area contributed by atoms with Gasteiger partial charge in [0.25, 0.3) is 10.1 Å². The molecule has 0 spiro atoms. The van der Waals surface area contributed by atoms with Gasteiger partial charge in [-0.15, -0.1) is 0 Å². The van der Waals surface area contributed by atoms with Gasteiger partial charge in [0.1, 0.15) is 16.8 Å². The van der Waals surface area contributed by atoms with Gasteiger partial charge in [0.15, 0.2) is 0 Å². The predicted molar refractivity (Wildman–Crippen MR) is 52.9 cm³/mol. The van der Waals surface area contributed by atoms with Crippen LogP contribution in [0.3, 0.4) is 0 Å². The lowest BCUT2D eigenvalue weighted by Gasteiger charge is -2.17. The molecule has 0 saturated carbocycles. The van der Waals surface area contributed by atoms with E-state index in [2.05, 4.69) is 0 Å². The highest BCUT2D eigenvalue weighted by Crippen LogP contribution is 2.26. The number of epoxide rings is 1. The average Bonchev–Trinajstić information content (AvgIpc) is 2.96. The average molecular weight is 250 g/mol. The fourth-order valence-electron chi connectivity index (χ4n) is 1.37. The van der Waals surface area contributed by atoms with Gasteiger partial charge in [0, 0.05) is 6.42 Å². The molecule has 16 heavy (non-hydrogen) atoms. The minimum Gasteiger partial charge on any atom is -0.371 e. The van der Waals surface area contributed by atoms with Gasteiger partial charge < -0.3 is 9.47 Å². The zero-order chi connectivity index (χ0) is 11.8. The highest BCUT2D eigenvalue weighted by Gasteiger charge is 2.27. The summed E-state index contributed by atoms with van der Waals surface area (Å²) in [5.74, 6) is -0.883. The van der Waals surface area contributed by atoms with Gasteiger partial charge in [-0.2, -0.15) is 8.42 Å². The highest BCUT2D eigenvalue weighted by atomic mass is 32.2. The molecule has 0 radical (unpaired) electrons. The van der Waals surface area contributed by atoms with Crippen LogP contribution >= 0.6 is 0 Å². The van der Waals surface area contributed by atoms with Crippen LogP contribution in [0.5, 0.6) is 0 Å². The van der Waals surface area contributed by atoms with Crippen molar-refractivity contribution in [2.45, 2.75) is 18.6 Å². The Hall–Kier alpha value is -0.760. The van der Waals surface area contributed by atoms with Gasteiger partial charge in [-0.05, 0) is 6.08 Å². The lowest BCUT2D eigenvalue weighted by atomic mass is 10.1. The first-order valence-electron chi connectivity index (χ1n) is 4.74. The monoisotopic (exact) mass is 250 g/mol. The topological polar surface area (TPSA) is 76.1 Å². The summed E-state index contributed by atoms with van der Waals surface area (Å²) in [5, 5.41) is 0. The lowest BCUT2D eigenvalue weighted by molar-refractivity contribution is 0.0681. The Morgan fingerprint density at radius 3 is 2.81 bits per heavy atom. The van der Waals surface area contributed by atoms with E-state index in [9.17, 15) is 12.8 Å². The van der Waals surface area contributed by atoms with Crippen LogP contribution < -0.4 is 0 Å². The fraction of sp³-hybridized carbons (Fsp3) is 0.556. The van der Waals surface area contributed by atoms with E-state index < -0.39 is 27.0 Å². The smallest absolute Gasteiger partial charge is 0.297 e. The SMILES string of the molecule is O=S(=O)(O)C1=C(F)CC(OCC2CO2)C=C1. The first-order chi connectivity index (χ1) is 7.47. The van der Waals surface area contributed by atoms with E-state index in [-0.39, 0.29) is 12.5 Å². The molecular weight excluding hydrogens is 239 g/mol. The number of rotatable bonds is 4. The van der Waals surface area contributed by atoms with Crippen molar-refractivity contribution in [1.29, 1.82) is 0 Å². The van der Waals surface area contributed by atoms with Gasteiger partial charge in [0.2, 0.25) is 0 Å². The second-order valence-electron chi connectivity index (χ2n) is 3.63. The van der Waals surface area contributed by atoms with Gasteiger partial charge in [0.05, 0.1) is 19.3 Å². The van der Waals surface area contributed by atoms with E-state index in [0.717, 1.165) is 6.08 Å². The molecule has 0 amide bonds. The number of hydrogen-bond donors (Lipinski definition) is 1. The first-order valence-corrected chi connectivity index (χ1v) is 6.18. The summed E-state index contributed by atoms with van der Waals surface area (Å²) in [6, 6.07) is 0. The number of halogens is 1. The Bertz CT molecular complexity index is 435. The summed E-state index contributed by atoms with van der Waals surface area (Å²) in [6.45, 7) is 1.01. The Kier molecular flexibility index (Phi) is 3.11. The van der Waals surface area contributed by atoms with E-state index in [1.54, 1.807) is 0 Å². The molecule has 2 atom stereocenters. The maximum absolute atomic E-state index is 13.3. The third-order valence-corrected chi connectivity index (χ3v) is 3.20. The van der Waals surface area contributed by atoms with Crippen molar-refractivity contribution in [2.24, 2.45) is 0 Å². The number of hydrogen-bond acceptors (Lipinski definition) is 4. The maximum Gasteiger partial charge on any atom is 0.297 e. The quantitative estimate of drug-likeness (QED) is 0.590. The van der Waals surface area contributed by atoms with Gasteiger partial charge in [-0.1, -0.05) is 6.08 Å². The van der Waals surface area contributed by atoms with Crippen molar-refractivity contribution >= 4 is 10.1 Å². The highest BCUT2D eigenvalue weighted by molar-refractivity contribution is 7.90. The predicted octanol–water partition coefficient (Wildman–Crippen LogP) is 0.799.